The van der Waals surface area contributed by atoms with Crippen LogP contribution in [0.15, 0.2) is 0 Å². The van der Waals surface area contributed by atoms with E-state index >= 15 is 0 Å². The lowest BCUT2D eigenvalue weighted by Crippen LogP contribution is -2.35. The van der Waals surface area contributed by atoms with Gasteiger partial charge < -0.3 is 4.79 Å². The molecule has 1 rings (SSSR count). The van der Waals surface area contributed by atoms with Crippen LogP contribution in [0.1, 0.15) is 13.3 Å². The van der Waals surface area contributed by atoms with E-state index in [-0.39, 0.29) is 6.04 Å². The van der Waals surface area contributed by atoms with E-state index in [1.165, 1.54) is 0 Å². The molecule has 2 unspecified atom stereocenters. The molecule has 0 aromatic heterocycles. The van der Waals surface area contributed by atoms with Gasteiger partial charge in [-0.1, -0.05) is 0 Å². The number of carbonyl (C=O) groups excluding carboxylic acids is 1. The Hall–Kier alpha value is -0.410. The summed E-state index contributed by atoms with van der Waals surface area (Å²) < 4.78 is 0. The molecule has 0 aromatic carbocycles. The van der Waals surface area contributed by atoms with E-state index in [0.717, 1.165) is 12.7 Å². The van der Waals surface area contributed by atoms with Crippen molar-refractivity contribution in [1.82, 2.24) is 10.4 Å². The van der Waals surface area contributed by atoms with Crippen LogP contribution < -0.4 is 5.43 Å². The lowest BCUT2D eigenvalue weighted by atomic mass is 10.2. The van der Waals surface area contributed by atoms with Gasteiger partial charge in [-0.05, 0) is 13.3 Å². The molecule has 1 aliphatic rings. The molecular formula is C6H12N2O. The normalized spacial score (nSPS) is 37.1. The molecule has 1 aliphatic heterocycles. The van der Waals surface area contributed by atoms with E-state index in [2.05, 4.69) is 12.3 Å². The van der Waals surface area contributed by atoms with Crippen molar-refractivity contribution >= 4 is 6.29 Å². The predicted molar refractivity (Wildman–Crippen MR) is 34.8 cm³/mol. The van der Waals surface area contributed by atoms with Crippen molar-refractivity contribution in [1.29, 1.82) is 0 Å². The number of rotatable bonds is 1. The maximum Gasteiger partial charge on any atom is 0.138 e. The standard InChI is InChI=1S/C6H12N2O/c1-5-3-6(4-9)7-8(5)2/h4-7H,3H2,1-2H3. The van der Waals surface area contributed by atoms with Gasteiger partial charge in [-0.2, -0.15) is 0 Å². The molecule has 0 aromatic rings. The van der Waals surface area contributed by atoms with Crippen LogP contribution in [0.2, 0.25) is 0 Å². The van der Waals surface area contributed by atoms with Crippen molar-refractivity contribution in [2.24, 2.45) is 0 Å². The summed E-state index contributed by atoms with van der Waals surface area (Å²) >= 11 is 0. The molecule has 0 aliphatic carbocycles. The summed E-state index contributed by atoms with van der Waals surface area (Å²) in [6, 6.07) is 0.533. The smallest absolute Gasteiger partial charge is 0.138 e. The van der Waals surface area contributed by atoms with E-state index < -0.39 is 0 Å². The Morgan fingerprint density at radius 2 is 2.44 bits per heavy atom. The number of aldehydes is 1. The highest BCUT2D eigenvalue weighted by molar-refractivity contribution is 5.57. The third-order valence-corrected chi connectivity index (χ3v) is 1.79. The lowest BCUT2D eigenvalue weighted by molar-refractivity contribution is -0.109. The van der Waals surface area contributed by atoms with Crippen LogP contribution in [0.3, 0.4) is 0 Å². The van der Waals surface area contributed by atoms with Crippen LogP contribution in [-0.4, -0.2) is 30.4 Å². The third kappa shape index (κ3) is 1.28. The van der Waals surface area contributed by atoms with E-state index in [1.54, 1.807) is 0 Å². The first-order chi connectivity index (χ1) is 4.24. The van der Waals surface area contributed by atoms with Crippen LogP contribution in [-0.2, 0) is 4.79 Å². The number of hydrogen-bond donors (Lipinski definition) is 1. The highest BCUT2D eigenvalue weighted by Gasteiger charge is 2.24. The number of nitrogens with one attached hydrogen (secondary N) is 1. The molecule has 1 fully saturated rings. The zero-order valence-electron chi connectivity index (χ0n) is 5.79. The fourth-order valence-electron chi connectivity index (χ4n) is 1.05. The average Bonchev–Trinajstić information content (AvgIpc) is 2.13. The second-order valence-corrected chi connectivity index (χ2v) is 2.57. The number of hydrogen-bond acceptors (Lipinski definition) is 3. The van der Waals surface area contributed by atoms with Gasteiger partial charge in [0.05, 0.1) is 6.04 Å². The maximum atomic E-state index is 10.2. The lowest BCUT2D eigenvalue weighted by Gasteiger charge is -2.12. The molecule has 3 nitrogen and oxygen atoms in total. The van der Waals surface area contributed by atoms with E-state index in [4.69, 9.17) is 0 Å². The Morgan fingerprint density at radius 3 is 2.67 bits per heavy atom. The van der Waals surface area contributed by atoms with E-state index in [9.17, 15) is 4.79 Å². The van der Waals surface area contributed by atoms with Crippen LogP contribution in [0.5, 0.6) is 0 Å². The molecule has 3 heteroatoms. The second kappa shape index (κ2) is 2.45. The molecule has 9 heavy (non-hydrogen) atoms. The zero-order valence-corrected chi connectivity index (χ0v) is 5.79. The molecule has 52 valence electrons. The molecule has 2 atom stereocenters. The van der Waals surface area contributed by atoms with Crippen molar-refractivity contribution < 1.29 is 4.79 Å². The van der Waals surface area contributed by atoms with Gasteiger partial charge >= 0.3 is 0 Å². The molecule has 0 saturated carbocycles. The first-order valence-corrected chi connectivity index (χ1v) is 3.18. The summed E-state index contributed by atoms with van der Waals surface area (Å²) in [5, 5.41) is 1.97. The first-order valence-electron chi connectivity index (χ1n) is 3.18. The van der Waals surface area contributed by atoms with Crippen LogP contribution in [0.4, 0.5) is 0 Å². The molecular weight excluding hydrogens is 116 g/mol. The van der Waals surface area contributed by atoms with Crippen molar-refractivity contribution in [3.63, 3.8) is 0 Å². The van der Waals surface area contributed by atoms with E-state index in [0.29, 0.717) is 6.04 Å². The van der Waals surface area contributed by atoms with Crippen LogP contribution >= 0.6 is 0 Å². The second-order valence-electron chi connectivity index (χ2n) is 2.57. The van der Waals surface area contributed by atoms with Gasteiger partial charge in [0.1, 0.15) is 6.29 Å². The van der Waals surface area contributed by atoms with Crippen molar-refractivity contribution in [3.8, 4) is 0 Å². The Morgan fingerprint density at radius 1 is 1.78 bits per heavy atom. The quantitative estimate of drug-likeness (QED) is 0.496. The van der Waals surface area contributed by atoms with Gasteiger partial charge in [0.2, 0.25) is 0 Å². The predicted octanol–water partition coefficient (Wildman–Crippen LogP) is -0.218. The van der Waals surface area contributed by atoms with Gasteiger partial charge in [0.25, 0.3) is 0 Å². The largest absolute Gasteiger partial charge is 0.302 e. The fourth-order valence-corrected chi connectivity index (χ4v) is 1.05. The van der Waals surface area contributed by atoms with Crippen LogP contribution in [0.25, 0.3) is 0 Å². The number of carbonyl (C=O) groups is 1. The molecule has 1 N–H and O–H groups in total. The number of nitrogens with zero attached hydrogens (tertiary/aromatic N) is 1. The third-order valence-electron chi connectivity index (χ3n) is 1.79. The van der Waals surface area contributed by atoms with Gasteiger partial charge in [0.15, 0.2) is 0 Å². The Balaban J connectivity index is 2.43. The fraction of sp³-hybridized carbons (Fsp3) is 0.833. The van der Waals surface area contributed by atoms with Crippen molar-refractivity contribution in [2.75, 3.05) is 7.05 Å². The monoisotopic (exact) mass is 128 g/mol. The average molecular weight is 128 g/mol. The topological polar surface area (TPSA) is 32.3 Å². The molecule has 1 saturated heterocycles. The minimum atomic E-state index is 0.0463. The van der Waals surface area contributed by atoms with Gasteiger partial charge in [0, 0.05) is 13.1 Å². The zero-order chi connectivity index (χ0) is 6.85. The molecule has 0 bridgehead atoms. The molecule has 0 radical (unpaired) electrons. The first kappa shape index (κ1) is 6.71. The molecule has 1 heterocycles. The minimum absolute atomic E-state index is 0.0463. The van der Waals surface area contributed by atoms with Gasteiger partial charge in [-0.15, -0.1) is 0 Å². The summed E-state index contributed by atoms with van der Waals surface area (Å²) in [6.07, 6.45) is 1.89. The summed E-state index contributed by atoms with van der Waals surface area (Å²) in [4.78, 5) is 10.2. The summed E-state index contributed by atoms with van der Waals surface area (Å²) in [7, 11) is 1.95. The number of hydrazine groups is 1. The highest BCUT2D eigenvalue weighted by Crippen LogP contribution is 2.09. The Kier molecular flexibility index (Phi) is 1.83. The SMILES string of the molecule is CC1CC(C=O)NN1C. The van der Waals surface area contributed by atoms with Crippen molar-refractivity contribution in [3.05, 3.63) is 0 Å². The van der Waals surface area contributed by atoms with Gasteiger partial charge in [-0.25, -0.2) is 10.4 Å². The minimum Gasteiger partial charge on any atom is -0.302 e. The Labute approximate surface area is 55.0 Å². The van der Waals surface area contributed by atoms with Crippen LogP contribution in [0, 0.1) is 0 Å². The molecule has 0 spiro atoms. The summed E-state index contributed by atoms with van der Waals surface area (Å²) in [5.74, 6) is 0. The van der Waals surface area contributed by atoms with Crippen molar-refractivity contribution in [2.45, 2.75) is 25.4 Å². The van der Waals surface area contributed by atoms with E-state index in [1.807, 2.05) is 12.1 Å². The maximum absolute atomic E-state index is 10.2. The summed E-state index contributed by atoms with van der Waals surface area (Å²) in [5.41, 5.74) is 3.02. The van der Waals surface area contributed by atoms with Gasteiger partial charge in [-0.3, -0.25) is 0 Å². The Bertz CT molecular complexity index is 106. The highest BCUT2D eigenvalue weighted by atomic mass is 16.1. The molecule has 0 amide bonds. The summed E-state index contributed by atoms with van der Waals surface area (Å²) in [6.45, 7) is 2.09.